The van der Waals surface area contributed by atoms with Crippen LogP contribution in [0.3, 0.4) is 0 Å². The number of nitrogens with one attached hydrogen (secondary N) is 3. The molecule has 224 valence electrons. The number of aryl methyl sites for hydroxylation is 2. The molecule has 3 N–H and O–H groups in total. The van der Waals surface area contributed by atoms with Gasteiger partial charge in [-0.25, -0.2) is 0 Å². The van der Waals surface area contributed by atoms with Crippen LogP contribution in [0.4, 0.5) is 0 Å². The molecule has 0 saturated heterocycles. The number of fused-ring (bicyclic) bond motifs is 3. The van der Waals surface area contributed by atoms with Crippen molar-refractivity contribution in [3.05, 3.63) is 131 Å². The highest BCUT2D eigenvalue weighted by Crippen LogP contribution is 2.46. The fourth-order valence-corrected chi connectivity index (χ4v) is 6.53. The monoisotopic (exact) mass is 595 g/mol. The van der Waals surface area contributed by atoms with Gasteiger partial charge < -0.3 is 14.5 Å². The van der Waals surface area contributed by atoms with Crippen molar-refractivity contribution in [2.45, 2.75) is 39.4 Å². The minimum atomic E-state index is -0.899. The number of H-pyrrole nitrogens is 1. The highest BCUT2D eigenvalue weighted by atomic mass is 16.2. The maximum Gasteiger partial charge on any atom is 0.260 e. The number of carbonyl (C=O) groups is 3. The van der Waals surface area contributed by atoms with E-state index in [0.717, 1.165) is 55.4 Å². The Hall–Kier alpha value is -5.63. The van der Waals surface area contributed by atoms with Crippen molar-refractivity contribution in [2.24, 2.45) is 0 Å². The van der Waals surface area contributed by atoms with Crippen LogP contribution < -0.4 is 10.9 Å². The lowest BCUT2D eigenvalue weighted by Crippen LogP contribution is -2.52. The molecule has 8 nitrogen and oxygen atoms in total. The van der Waals surface area contributed by atoms with Crippen LogP contribution in [-0.4, -0.2) is 38.2 Å². The molecule has 0 aliphatic carbocycles. The molecular formula is C37H33N5O3. The van der Waals surface area contributed by atoms with Crippen LogP contribution in [0.25, 0.3) is 33.1 Å². The summed E-state index contributed by atoms with van der Waals surface area (Å²) in [6.07, 6.45) is 0. The SMILES string of the molecule is Cc1ccc(-c2[nH]c3ccccc3c2C2c3ccccc3C(=O)N2C(C)C(=O)NNC(=O)Cn2c(C)cc3ccccc32)cc1. The fraction of sp³-hybridized carbons (Fsp3) is 0.162. The highest BCUT2D eigenvalue weighted by Gasteiger charge is 2.44. The predicted molar refractivity (Wildman–Crippen MR) is 175 cm³/mol. The molecular weight excluding hydrogens is 562 g/mol. The number of benzene rings is 4. The minimum Gasteiger partial charge on any atom is -0.354 e. The van der Waals surface area contributed by atoms with Crippen molar-refractivity contribution in [2.75, 3.05) is 0 Å². The lowest BCUT2D eigenvalue weighted by Gasteiger charge is -2.31. The normalized spacial score (nSPS) is 15.0. The van der Waals surface area contributed by atoms with Crippen LogP contribution in [0.15, 0.2) is 103 Å². The topological polar surface area (TPSA) is 99.2 Å². The molecule has 0 fully saturated rings. The van der Waals surface area contributed by atoms with Gasteiger partial charge in [0, 0.05) is 33.2 Å². The van der Waals surface area contributed by atoms with Crippen LogP contribution in [-0.2, 0) is 16.1 Å². The summed E-state index contributed by atoms with van der Waals surface area (Å²) in [6, 6.07) is 32.2. The molecule has 1 aliphatic heterocycles. The zero-order chi connectivity index (χ0) is 31.2. The third-order valence-electron chi connectivity index (χ3n) is 8.80. The van der Waals surface area contributed by atoms with Gasteiger partial charge in [0.15, 0.2) is 0 Å². The van der Waals surface area contributed by atoms with E-state index in [-0.39, 0.29) is 18.4 Å². The Balaban J connectivity index is 1.21. The summed E-state index contributed by atoms with van der Waals surface area (Å²) >= 11 is 0. The number of nitrogens with zero attached hydrogens (tertiary/aromatic N) is 2. The Kier molecular flexibility index (Phi) is 6.97. The second-order valence-electron chi connectivity index (χ2n) is 11.7. The Morgan fingerprint density at radius 3 is 2.40 bits per heavy atom. The van der Waals surface area contributed by atoms with Gasteiger partial charge in [-0.15, -0.1) is 0 Å². The number of aromatic nitrogens is 2. The van der Waals surface area contributed by atoms with Gasteiger partial charge in [-0.2, -0.15) is 0 Å². The molecule has 3 heterocycles. The zero-order valence-corrected chi connectivity index (χ0v) is 25.3. The van der Waals surface area contributed by atoms with Crippen molar-refractivity contribution < 1.29 is 14.4 Å². The van der Waals surface area contributed by atoms with E-state index in [9.17, 15) is 14.4 Å². The summed E-state index contributed by atoms with van der Waals surface area (Å²) < 4.78 is 1.90. The molecule has 2 atom stereocenters. The Bertz CT molecular complexity index is 2110. The molecule has 2 aromatic heterocycles. The predicted octanol–water partition coefficient (Wildman–Crippen LogP) is 6.19. The van der Waals surface area contributed by atoms with Crippen molar-refractivity contribution >= 4 is 39.5 Å². The van der Waals surface area contributed by atoms with Crippen molar-refractivity contribution in [3.8, 4) is 11.3 Å². The molecule has 3 amide bonds. The number of hydrogen-bond donors (Lipinski definition) is 3. The number of rotatable bonds is 6. The van der Waals surface area contributed by atoms with E-state index in [4.69, 9.17) is 0 Å². The smallest absolute Gasteiger partial charge is 0.260 e. The Labute approximate surface area is 260 Å². The molecule has 0 radical (unpaired) electrons. The van der Waals surface area contributed by atoms with Gasteiger partial charge in [0.05, 0.1) is 11.7 Å². The summed E-state index contributed by atoms with van der Waals surface area (Å²) in [5, 5.41) is 2.02. The van der Waals surface area contributed by atoms with Gasteiger partial charge >= 0.3 is 0 Å². The first-order valence-corrected chi connectivity index (χ1v) is 15.0. The van der Waals surface area contributed by atoms with E-state index in [1.54, 1.807) is 17.9 Å². The van der Waals surface area contributed by atoms with E-state index in [1.165, 1.54) is 0 Å². The second kappa shape index (κ2) is 11.1. The maximum atomic E-state index is 14.0. The summed E-state index contributed by atoms with van der Waals surface area (Å²) in [5.41, 5.74) is 13.3. The lowest BCUT2D eigenvalue weighted by molar-refractivity contribution is -0.131. The molecule has 6 aromatic rings. The minimum absolute atomic E-state index is 0.0416. The van der Waals surface area contributed by atoms with Gasteiger partial charge in [-0.3, -0.25) is 25.2 Å². The second-order valence-corrected chi connectivity index (χ2v) is 11.7. The maximum absolute atomic E-state index is 14.0. The Morgan fingerprint density at radius 1 is 0.867 bits per heavy atom. The molecule has 0 saturated carbocycles. The van der Waals surface area contributed by atoms with E-state index < -0.39 is 18.0 Å². The van der Waals surface area contributed by atoms with Gasteiger partial charge in [0.1, 0.15) is 12.6 Å². The summed E-state index contributed by atoms with van der Waals surface area (Å²) in [6.45, 7) is 5.73. The molecule has 45 heavy (non-hydrogen) atoms. The molecule has 8 heteroatoms. The average Bonchev–Trinajstić information content (AvgIpc) is 3.68. The molecule has 7 rings (SSSR count). The number of amides is 3. The summed E-state index contributed by atoms with van der Waals surface area (Å²) in [5.74, 6) is -1.09. The first-order valence-electron chi connectivity index (χ1n) is 15.0. The summed E-state index contributed by atoms with van der Waals surface area (Å²) in [7, 11) is 0. The fourth-order valence-electron chi connectivity index (χ4n) is 6.53. The number of hydrogen-bond acceptors (Lipinski definition) is 3. The first-order chi connectivity index (χ1) is 21.8. The number of hydrazine groups is 1. The van der Waals surface area contributed by atoms with E-state index in [1.807, 2.05) is 91.2 Å². The molecule has 2 unspecified atom stereocenters. The largest absolute Gasteiger partial charge is 0.354 e. The lowest BCUT2D eigenvalue weighted by atomic mass is 9.92. The molecule has 4 aromatic carbocycles. The van der Waals surface area contributed by atoms with Gasteiger partial charge in [-0.05, 0) is 61.5 Å². The molecule has 0 bridgehead atoms. The van der Waals surface area contributed by atoms with Crippen molar-refractivity contribution in [1.29, 1.82) is 0 Å². The van der Waals surface area contributed by atoms with Gasteiger partial charge in [-0.1, -0.05) is 84.4 Å². The van der Waals surface area contributed by atoms with E-state index >= 15 is 0 Å². The Morgan fingerprint density at radius 2 is 1.58 bits per heavy atom. The third-order valence-corrected chi connectivity index (χ3v) is 8.80. The number of aromatic amines is 1. The highest BCUT2D eigenvalue weighted by molar-refractivity contribution is 6.04. The van der Waals surface area contributed by atoms with Gasteiger partial charge in [0.2, 0.25) is 0 Å². The van der Waals surface area contributed by atoms with Crippen LogP contribution in [0, 0.1) is 13.8 Å². The standard InChI is InChI=1S/C37H33N5O3/c1-22-16-18-25(19-17-22)34-33(29-13-7-8-14-30(29)38-34)35-27-11-5-6-12-28(27)37(45)42(35)24(3)36(44)40-39-32(43)21-41-23(2)20-26-10-4-9-15-31(26)41/h4-20,24,35,38H,21H2,1-3H3,(H,39,43)(H,40,44). The zero-order valence-electron chi connectivity index (χ0n) is 25.3. The van der Waals surface area contributed by atoms with Crippen LogP contribution in [0.2, 0.25) is 0 Å². The summed E-state index contributed by atoms with van der Waals surface area (Å²) in [4.78, 5) is 45.9. The molecule has 0 spiro atoms. The van der Waals surface area contributed by atoms with Crippen LogP contribution in [0.5, 0.6) is 0 Å². The van der Waals surface area contributed by atoms with Gasteiger partial charge in [0.25, 0.3) is 17.7 Å². The first kappa shape index (κ1) is 28.2. The van der Waals surface area contributed by atoms with E-state index in [0.29, 0.717) is 5.56 Å². The quantitative estimate of drug-likeness (QED) is 0.200. The van der Waals surface area contributed by atoms with Crippen molar-refractivity contribution in [3.63, 3.8) is 0 Å². The average molecular weight is 596 g/mol. The molecule has 1 aliphatic rings. The number of para-hydroxylation sites is 2. The van der Waals surface area contributed by atoms with Crippen molar-refractivity contribution in [1.82, 2.24) is 25.3 Å². The third kappa shape index (κ3) is 4.84. The number of carbonyl (C=O) groups excluding carboxylic acids is 3. The van der Waals surface area contributed by atoms with E-state index in [2.05, 4.69) is 40.1 Å². The van der Waals surface area contributed by atoms with Crippen LogP contribution in [0.1, 0.15) is 45.7 Å². The van der Waals surface area contributed by atoms with Crippen LogP contribution >= 0.6 is 0 Å².